The molecule has 0 heterocycles. The fourth-order valence-corrected chi connectivity index (χ4v) is 2.11. The van der Waals surface area contributed by atoms with Gasteiger partial charge in [0, 0.05) is 16.8 Å². The Balaban J connectivity index is 2.61. The largest absolute Gasteiger partial charge is 0.495 e. The van der Waals surface area contributed by atoms with Crippen molar-refractivity contribution in [3.05, 3.63) is 35.4 Å². The summed E-state index contributed by atoms with van der Waals surface area (Å²) in [6.07, 6.45) is 0. The van der Waals surface area contributed by atoms with E-state index in [0.717, 1.165) is 16.5 Å². The number of rotatable bonds is 4. The fraction of sp³-hybridized carbons (Fsp3) is 0.231. The minimum Gasteiger partial charge on any atom is -0.495 e. The van der Waals surface area contributed by atoms with Gasteiger partial charge in [0.25, 0.3) is 0 Å². The van der Waals surface area contributed by atoms with Gasteiger partial charge in [0.1, 0.15) is 18.1 Å². The lowest BCUT2D eigenvalue weighted by molar-refractivity contribution is 0.346. The van der Waals surface area contributed by atoms with Gasteiger partial charge >= 0.3 is 0 Å². The number of fused-ring (bicyclic) bond motifs is 1. The minimum atomic E-state index is 0.442. The van der Waals surface area contributed by atoms with Crippen molar-refractivity contribution in [1.82, 2.24) is 0 Å². The summed E-state index contributed by atoms with van der Waals surface area (Å²) in [7, 11) is 1.60. The molecule has 0 aliphatic carbocycles. The third kappa shape index (κ3) is 2.43. The Morgan fingerprint density at radius 3 is 2.53 bits per heavy atom. The average Bonchev–Trinajstić information content (AvgIpc) is 2.36. The van der Waals surface area contributed by atoms with Crippen molar-refractivity contribution >= 4 is 34.0 Å². The van der Waals surface area contributed by atoms with Crippen LogP contribution in [0.3, 0.4) is 0 Å². The van der Waals surface area contributed by atoms with Gasteiger partial charge in [-0.1, -0.05) is 35.9 Å². The van der Waals surface area contributed by atoms with Crippen molar-refractivity contribution in [2.75, 3.05) is 19.6 Å². The Bertz CT molecular complexity index is 526. The van der Waals surface area contributed by atoms with E-state index in [1.54, 1.807) is 13.2 Å². The summed E-state index contributed by atoms with van der Waals surface area (Å²) < 4.78 is 10.9. The van der Waals surface area contributed by atoms with Crippen LogP contribution in [0.2, 0.25) is 5.02 Å². The van der Waals surface area contributed by atoms with Gasteiger partial charge in [-0.2, -0.15) is 0 Å². The van der Waals surface area contributed by atoms with E-state index >= 15 is 0 Å². The van der Waals surface area contributed by atoms with Crippen LogP contribution >= 0.6 is 23.2 Å². The first kappa shape index (κ1) is 12.3. The van der Waals surface area contributed by atoms with Gasteiger partial charge in [-0.05, 0) is 0 Å². The molecule has 0 spiro atoms. The number of hydrogen-bond acceptors (Lipinski definition) is 2. The number of ether oxygens (including phenoxy) is 2. The molecule has 2 aromatic rings. The van der Waals surface area contributed by atoms with Crippen LogP contribution in [0.15, 0.2) is 30.3 Å². The first-order chi connectivity index (χ1) is 8.27. The van der Waals surface area contributed by atoms with Crippen LogP contribution in [0.1, 0.15) is 0 Å². The molecule has 0 unspecified atom stereocenters. The van der Waals surface area contributed by atoms with Crippen molar-refractivity contribution in [1.29, 1.82) is 0 Å². The van der Waals surface area contributed by atoms with E-state index in [-0.39, 0.29) is 0 Å². The SMILES string of the molecule is COc1c(Cl)cc(OCCCl)c2ccccc12. The van der Waals surface area contributed by atoms with E-state index in [1.807, 2.05) is 24.3 Å². The smallest absolute Gasteiger partial charge is 0.145 e. The summed E-state index contributed by atoms with van der Waals surface area (Å²) in [5.41, 5.74) is 0. The van der Waals surface area contributed by atoms with Crippen LogP contribution in [-0.4, -0.2) is 19.6 Å². The molecular weight excluding hydrogens is 259 g/mol. The zero-order valence-corrected chi connectivity index (χ0v) is 10.9. The highest BCUT2D eigenvalue weighted by Crippen LogP contribution is 2.39. The van der Waals surface area contributed by atoms with Gasteiger partial charge in [0.15, 0.2) is 0 Å². The topological polar surface area (TPSA) is 18.5 Å². The van der Waals surface area contributed by atoms with Gasteiger partial charge in [0.05, 0.1) is 18.0 Å². The number of hydrogen-bond donors (Lipinski definition) is 0. The van der Waals surface area contributed by atoms with E-state index in [1.165, 1.54) is 0 Å². The molecule has 0 aromatic heterocycles. The second kappa shape index (κ2) is 5.48. The quantitative estimate of drug-likeness (QED) is 0.779. The Hall–Kier alpha value is -1.12. The molecule has 0 aliphatic rings. The van der Waals surface area contributed by atoms with Crippen LogP contribution in [0, 0.1) is 0 Å². The third-order valence-corrected chi connectivity index (χ3v) is 2.89. The average molecular weight is 271 g/mol. The molecule has 0 atom stereocenters. The van der Waals surface area contributed by atoms with E-state index in [4.69, 9.17) is 32.7 Å². The van der Waals surface area contributed by atoms with Gasteiger partial charge in [-0.3, -0.25) is 0 Å². The maximum absolute atomic E-state index is 6.15. The molecule has 4 heteroatoms. The molecular formula is C13H12Cl2O2. The van der Waals surface area contributed by atoms with Gasteiger partial charge in [0.2, 0.25) is 0 Å². The first-order valence-corrected chi connectivity index (χ1v) is 6.13. The van der Waals surface area contributed by atoms with Crippen LogP contribution in [0.4, 0.5) is 0 Å². The van der Waals surface area contributed by atoms with E-state index in [0.29, 0.717) is 23.3 Å². The second-order valence-electron chi connectivity index (χ2n) is 3.47. The highest BCUT2D eigenvalue weighted by Gasteiger charge is 2.11. The van der Waals surface area contributed by atoms with Gasteiger partial charge < -0.3 is 9.47 Å². The molecule has 0 N–H and O–H groups in total. The molecule has 2 aromatic carbocycles. The molecule has 17 heavy (non-hydrogen) atoms. The highest BCUT2D eigenvalue weighted by atomic mass is 35.5. The lowest BCUT2D eigenvalue weighted by Crippen LogP contribution is -1.99. The van der Waals surface area contributed by atoms with Crippen molar-refractivity contribution < 1.29 is 9.47 Å². The summed E-state index contributed by atoms with van der Waals surface area (Å²) in [6, 6.07) is 9.57. The van der Waals surface area contributed by atoms with Gasteiger partial charge in [-0.25, -0.2) is 0 Å². The summed E-state index contributed by atoms with van der Waals surface area (Å²) in [5, 5.41) is 2.45. The van der Waals surface area contributed by atoms with Crippen LogP contribution in [0.5, 0.6) is 11.5 Å². The Morgan fingerprint density at radius 2 is 1.88 bits per heavy atom. The predicted molar refractivity (Wildman–Crippen MR) is 71.7 cm³/mol. The summed E-state index contributed by atoms with van der Waals surface area (Å²) >= 11 is 11.8. The lowest BCUT2D eigenvalue weighted by atomic mass is 10.1. The summed E-state index contributed by atoms with van der Waals surface area (Å²) in [6.45, 7) is 0.453. The standard InChI is InChI=1S/C13H12Cl2O2/c1-16-13-10-5-3-2-4-9(10)12(8-11(13)15)17-7-6-14/h2-5,8H,6-7H2,1H3. The highest BCUT2D eigenvalue weighted by molar-refractivity contribution is 6.33. The zero-order valence-electron chi connectivity index (χ0n) is 9.37. The zero-order chi connectivity index (χ0) is 12.3. The second-order valence-corrected chi connectivity index (χ2v) is 4.26. The fourth-order valence-electron chi connectivity index (χ4n) is 1.76. The van der Waals surface area contributed by atoms with Crippen LogP contribution in [-0.2, 0) is 0 Å². The Morgan fingerprint density at radius 1 is 1.18 bits per heavy atom. The maximum atomic E-state index is 6.15. The van der Waals surface area contributed by atoms with Crippen LogP contribution in [0.25, 0.3) is 10.8 Å². The lowest BCUT2D eigenvalue weighted by Gasteiger charge is -2.12. The number of benzene rings is 2. The molecule has 0 fully saturated rings. The molecule has 0 aliphatic heterocycles. The van der Waals surface area contributed by atoms with E-state index in [2.05, 4.69) is 0 Å². The van der Waals surface area contributed by atoms with E-state index in [9.17, 15) is 0 Å². The molecule has 90 valence electrons. The van der Waals surface area contributed by atoms with Crippen molar-refractivity contribution in [3.63, 3.8) is 0 Å². The maximum Gasteiger partial charge on any atom is 0.145 e. The van der Waals surface area contributed by atoms with Crippen molar-refractivity contribution in [2.24, 2.45) is 0 Å². The molecule has 0 saturated heterocycles. The molecule has 0 amide bonds. The Kier molecular flexibility index (Phi) is 3.97. The molecule has 0 bridgehead atoms. The molecule has 0 saturated carbocycles. The summed E-state index contributed by atoms with van der Waals surface area (Å²) in [5.74, 6) is 1.84. The van der Waals surface area contributed by atoms with Gasteiger partial charge in [-0.15, -0.1) is 11.6 Å². The van der Waals surface area contributed by atoms with Crippen LogP contribution < -0.4 is 9.47 Å². The minimum absolute atomic E-state index is 0.442. The number of halogens is 2. The number of methoxy groups -OCH3 is 1. The van der Waals surface area contributed by atoms with Crippen molar-refractivity contribution in [2.45, 2.75) is 0 Å². The third-order valence-electron chi connectivity index (χ3n) is 2.45. The Labute approximate surface area is 110 Å². The van der Waals surface area contributed by atoms with E-state index < -0.39 is 0 Å². The predicted octanol–water partition coefficient (Wildman–Crippen LogP) is 4.12. The monoisotopic (exact) mass is 270 g/mol. The number of alkyl halides is 1. The first-order valence-electron chi connectivity index (χ1n) is 5.22. The normalized spacial score (nSPS) is 10.5. The molecule has 0 radical (unpaired) electrons. The molecule has 2 nitrogen and oxygen atoms in total. The molecule has 2 rings (SSSR count). The summed E-state index contributed by atoms with van der Waals surface area (Å²) in [4.78, 5) is 0. The van der Waals surface area contributed by atoms with Crippen molar-refractivity contribution in [3.8, 4) is 11.5 Å².